The molecule has 0 fully saturated rings. The van der Waals surface area contributed by atoms with E-state index in [1.807, 2.05) is 45.0 Å². The van der Waals surface area contributed by atoms with Crippen molar-refractivity contribution in [3.05, 3.63) is 75.5 Å². The Morgan fingerprint density at radius 3 is 2.50 bits per heavy atom. The van der Waals surface area contributed by atoms with Crippen LogP contribution in [0.5, 0.6) is 11.5 Å². The van der Waals surface area contributed by atoms with Gasteiger partial charge in [0.25, 0.3) is 5.91 Å². The van der Waals surface area contributed by atoms with Crippen molar-refractivity contribution in [2.24, 2.45) is 0 Å². The Morgan fingerprint density at radius 1 is 1.09 bits per heavy atom. The first-order valence-corrected chi connectivity index (χ1v) is 12.0. The molecule has 0 saturated carbocycles. The van der Waals surface area contributed by atoms with E-state index in [1.54, 1.807) is 31.7 Å². The third-order valence-electron chi connectivity index (χ3n) is 5.15. The van der Waals surface area contributed by atoms with Crippen LogP contribution in [0.15, 0.2) is 47.8 Å². The summed E-state index contributed by atoms with van der Waals surface area (Å²) in [6.45, 7) is 7.42. The van der Waals surface area contributed by atoms with Crippen LogP contribution in [0.3, 0.4) is 0 Å². The maximum absolute atomic E-state index is 14.4. The van der Waals surface area contributed by atoms with E-state index in [9.17, 15) is 9.18 Å². The number of hydrogen-bond donors (Lipinski definition) is 1. The Labute approximate surface area is 204 Å². The monoisotopic (exact) mass is 485 g/mol. The average Bonchev–Trinajstić information content (AvgIpc) is 3.26. The molecule has 0 bridgehead atoms. The summed E-state index contributed by atoms with van der Waals surface area (Å²) in [5.41, 5.74) is 1.77. The fraction of sp³-hybridized carbons (Fsp3) is 0.385. The predicted octanol–water partition coefficient (Wildman–Crippen LogP) is 5.07. The highest BCUT2D eigenvalue weighted by Gasteiger charge is 2.19. The van der Waals surface area contributed by atoms with Gasteiger partial charge in [0, 0.05) is 29.6 Å². The van der Waals surface area contributed by atoms with Crippen LogP contribution in [0.25, 0.3) is 0 Å². The molecule has 0 saturated heterocycles. The Bertz CT molecular complexity index is 1110. The summed E-state index contributed by atoms with van der Waals surface area (Å²) in [5, 5.41) is 5.51. The van der Waals surface area contributed by atoms with Gasteiger partial charge in [-0.15, -0.1) is 11.3 Å². The minimum Gasteiger partial charge on any atom is -0.493 e. The summed E-state index contributed by atoms with van der Waals surface area (Å²) in [6, 6.07) is 12.6. The molecule has 182 valence electrons. The molecule has 0 spiro atoms. The van der Waals surface area contributed by atoms with Crippen LogP contribution in [0.4, 0.5) is 4.39 Å². The first-order chi connectivity index (χ1) is 16.2. The van der Waals surface area contributed by atoms with Crippen molar-refractivity contribution >= 4 is 17.2 Å². The molecule has 0 aliphatic carbocycles. The number of thiazole rings is 1. The van der Waals surface area contributed by atoms with Crippen molar-refractivity contribution in [3.63, 3.8) is 0 Å². The van der Waals surface area contributed by atoms with Crippen molar-refractivity contribution in [2.75, 3.05) is 20.8 Å². The lowest BCUT2D eigenvalue weighted by Crippen LogP contribution is -2.40. The van der Waals surface area contributed by atoms with Crippen LogP contribution >= 0.6 is 11.3 Å². The minimum atomic E-state index is -0.336. The molecular formula is C26H32FN3O3S. The second kappa shape index (κ2) is 11.4. The zero-order valence-electron chi connectivity index (χ0n) is 20.4. The zero-order chi connectivity index (χ0) is 24.7. The Hall–Kier alpha value is -2.97. The van der Waals surface area contributed by atoms with Gasteiger partial charge in [-0.25, -0.2) is 9.37 Å². The largest absolute Gasteiger partial charge is 0.493 e. The van der Waals surface area contributed by atoms with Gasteiger partial charge in [0.1, 0.15) is 16.5 Å². The first kappa shape index (κ1) is 25.6. The zero-order valence-corrected chi connectivity index (χ0v) is 21.2. The predicted molar refractivity (Wildman–Crippen MR) is 133 cm³/mol. The Balaban J connectivity index is 1.75. The second-order valence-corrected chi connectivity index (χ2v) is 10.0. The van der Waals surface area contributed by atoms with Crippen molar-refractivity contribution in [3.8, 4) is 11.5 Å². The van der Waals surface area contributed by atoms with Crippen LogP contribution in [0.2, 0.25) is 0 Å². The van der Waals surface area contributed by atoms with Gasteiger partial charge in [0.2, 0.25) is 0 Å². The number of rotatable bonds is 10. The van der Waals surface area contributed by atoms with E-state index in [2.05, 4.69) is 15.2 Å². The standard InChI is InChI=1S/C26H32FN3O3S/c1-26(2,3)29-25(31)21-17-34-24(28-21)16-30(15-19-8-6-7-9-20(19)27)13-12-18-10-11-22(32-4)23(14-18)33-5/h6-11,14,17H,12-13,15-16H2,1-5H3,(H,29,31). The molecule has 34 heavy (non-hydrogen) atoms. The molecule has 8 heteroatoms. The van der Waals surface area contributed by atoms with E-state index in [0.29, 0.717) is 42.4 Å². The summed E-state index contributed by atoms with van der Waals surface area (Å²) in [6.07, 6.45) is 0.734. The molecule has 0 radical (unpaired) electrons. The van der Waals surface area contributed by atoms with Crippen LogP contribution in [-0.4, -0.2) is 42.1 Å². The van der Waals surface area contributed by atoms with Crippen molar-refractivity contribution < 1.29 is 18.7 Å². The van der Waals surface area contributed by atoms with Gasteiger partial charge in [-0.1, -0.05) is 24.3 Å². The van der Waals surface area contributed by atoms with Gasteiger partial charge in [-0.2, -0.15) is 0 Å². The SMILES string of the molecule is COc1ccc(CCN(Cc2nc(C(=O)NC(C)(C)C)cs2)Cc2ccccc2F)cc1OC. The Morgan fingerprint density at radius 2 is 1.82 bits per heavy atom. The number of nitrogens with zero attached hydrogens (tertiary/aromatic N) is 2. The lowest BCUT2D eigenvalue weighted by molar-refractivity contribution is 0.0914. The molecule has 1 amide bonds. The minimum absolute atomic E-state index is 0.194. The fourth-order valence-corrected chi connectivity index (χ4v) is 4.30. The van der Waals surface area contributed by atoms with Crippen LogP contribution in [0.1, 0.15) is 47.4 Å². The topological polar surface area (TPSA) is 63.7 Å². The van der Waals surface area contributed by atoms with Gasteiger partial charge in [0.05, 0.1) is 20.8 Å². The molecule has 0 aliphatic heterocycles. The normalized spacial score (nSPS) is 11.5. The number of nitrogens with one attached hydrogen (secondary N) is 1. The van der Waals surface area contributed by atoms with Crippen LogP contribution in [0, 0.1) is 5.82 Å². The lowest BCUT2D eigenvalue weighted by atomic mass is 10.1. The van der Waals surface area contributed by atoms with Gasteiger partial charge < -0.3 is 14.8 Å². The van der Waals surface area contributed by atoms with E-state index in [-0.39, 0.29) is 17.3 Å². The molecule has 6 nitrogen and oxygen atoms in total. The van der Waals surface area contributed by atoms with Gasteiger partial charge in [-0.3, -0.25) is 9.69 Å². The molecule has 0 aliphatic rings. The highest BCUT2D eigenvalue weighted by atomic mass is 32.1. The summed E-state index contributed by atoms with van der Waals surface area (Å²) in [5.74, 6) is 0.928. The molecule has 1 N–H and O–H groups in total. The highest BCUT2D eigenvalue weighted by molar-refractivity contribution is 7.09. The molecule has 0 unspecified atom stereocenters. The maximum Gasteiger partial charge on any atom is 0.271 e. The highest BCUT2D eigenvalue weighted by Crippen LogP contribution is 2.28. The van der Waals surface area contributed by atoms with Crippen molar-refractivity contribution in [2.45, 2.75) is 45.8 Å². The number of carbonyl (C=O) groups is 1. The molecule has 1 aromatic heterocycles. The summed E-state index contributed by atoms with van der Waals surface area (Å²) in [4.78, 5) is 19.1. The molecule has 3 rings (SSSR count). The fourth-order valence-electron chi connectivity index (χ4n) is 3.49. The van der Waals surface area contributed by atoms with Crippen LogP contribution in [-0.2, 0) is 19.5 Å². The Kier molecular flexibility index (Phi) is 8.63. The van der Waals surface area contributed by atoms with E-state index in [4.69, 9.17) is 9.47 Å². The quantitative estimate of drug-likeness (QED) is 0.434. The number of ether oxygens (including phenoxy) is 2. The number of carbonyl (C=O) groups excluding carboxylic acids is 1. The van der Waals surface area contributed by atoms with Crippen molar-refractivity contribution in [1.29, 1.82) is 0 Å². The summed E-state index contributed by atoms with van der Waals surface area (Å²) >= 11 is 1.44. The molecular weight excluding hydrogens is 453 g/mol. The number of benzene rings is 2. The van der Waals surface area contributed by atoms with E-state index < -0.39 is 0 Å². The van der Waals surface area contributed by atoms with Gasteiger partial charge >= 0.3 is 0 Å². The third kappa shape index (κ3) is 7.27. The average molecular weight is 486 g/mol. The summed E-state index contributed by atoms with van der Waals surface area (Å²) in [7, 11) is 3.22. The van der Waals surface area contributed by atoms with E-state index >= 15 is 0 Å². The lowest BCUT2D eigenvalue weighted by Gasteiger charge is -2.22. The molecule has 1 heterocycles. The number of hydrogen-bond acceptors (Lipinski definition) is 6. The second-order valence-electron chi connectivity index (χ2n) is 9.07. The van der Waals surface area contributed by atoms with Crippen molar-refractivity contribution in [1.82, 2.24) is 15.2 Å². The number of methoxy groups -OCH3 is 2. The number of halogens is 1. The van der Waals surface area contributed by atoms with Crippen LogP contribution < -0.4 is 14.8 Å². The third-order valence-corrected chi connectivity index (χ3v) is 5.98. The number of aromatic nitrogens is 1. The molecule has 0 atom stereocenters. The van der Waals surface area contributed by atoms with Gasteiger partial charge in [-0.05, 0) is 51.0 Å². The molecule has 2 aromatic carbocycles. The van der Waals surface area contributed by atoms with Gasteiger partial charge in [0.15, 0.2) is 11.5 Å². The molecule has 3 aromatic rings. The maximum atomic E-state index is 14.4. The smallest absolute Gasteiger partial charge is 0.271 e. The first-order valence-electron chi connectivity index (χ1n) is 11.1. The number of amides is 1. The van der Waals surface area contributed by atoms with E-state index in [0.717, 1.165) is 17.0 Å². The van der Waals surface area contributed by atoms with E-state index in [1.165, 1.54) is 17.4 Å². The summed E-state index contributed by atoms with van der Waals surface area (Å²) < 4.78 is 25.1.